The Labute approximate surface area is 186 Å². The van der Waals surface area contributed by atoms with Crippen LogP contribution in [0.25, 0.3) is 0 Å². The lowest BCUT2D eigenvalue weighted by molar-refractivity contribution is -0.932. The Bertz CT molecular complexity index is 781. The monoisotopic (exact) mass is 458 g/mol. The molecule has 0 radical (unpaired) electrons. The molecule has 1 heterocycles. The zero-order valence-corrected chi connectivity index (χ0v) is 19.7. The molecule has 4 heteroatoms. The quantitative estimate of drug-likeness (QED) is 0.662. The van der Waals surface area contributed by atoms with Crippen molar-refractivity contribution in [2.45, 2.75) is 58.9 Å². The topological polar surface area (TPSA) is 29.1 Å². The number of hydrogen-bond acceptors (Lipinski definition) is 1. The van der Waals surface area contributed by atoms with Crippen LogP contribution in [0.5, 0.6) is 0 Å². The molecular formula is C25H35BrN2O. The first-order chi connectivity index (χ1) is 13.5. The molecule has 1 N–H and O–H groups in total. The third-order valence-corrected chi connectivity index (χ3v) is 6.05. The van der Waals surface area contributed by atoms with Crippen LogP contribution in [0.4, 0.5) is 5.69 Å². The van der Waals surface area contributed by atoms with Crippen molar-refractivity contribution in [3.63, 3.8) is 0 Å². The van der Waals surface area contributed by atoms with Crippen LogP contribution < -0.4 is 22.3 Å². The van der Waals surface area contributed by atoms with Crippen molar-refractivity contribution in [2.75, 3.05) is 25.0 Å². The van der Waals surface area contributed by atoms with Crippen molar-refractivity contribution < 1.29 is 26.3 Å². The van der Waals surface area contributed by atoms with Gasteiger partial charge < -0.3 is 26.8 Å². The Balaban J connectivity index is 0.00000300. The van der Waals surface area contributed by atoms with E-state index in [2.05, 4.69) is 74.6 Å². The molecule has 1 aliphatic rings. The fraction of sp³-hybridized carbons (Fsp3) is 0.480. The zero-order chi connectivity index (χ0) is 20.0. The summed E-state index contributed by atoms with van der Waals surface area (Å²) in [5.41, 5.74) is 4.70. The number of quaternary nitrogens is 1. The van der Waals surface area contributed by atoms with E-state index in [1.54, 1.807) is 0 Å². The molecule has 0 spiro atoms. The predicted molar refractivity (Wildman–Crippen MR) is 117 cm³/mol. The number of carbonyl (C=O) groups is 1. The number of hydrogen-bond donors (Lipinski definition) is 1. The highest BCUT2D eigenvalue weighted by Gasteiger charge is 2.32. The molecule has 1 fully saturated rings. The number of aryl methyl sites for hydroxylation is 1. The molecule has 3 rings (SSSR count). The average Bonchev–Trinajstić information content (AvgIpc) is 2.89. The molecule has 0 unspecified atom stereocenters. The maximum atomic E-state index is 13.2. The number of anilines is 1. The van der Waals surface area contributed by atoms with Gasteiger partial charge in [-0.15, -0.1) is 0 Å². The maximum absolute atomic E-state index is 13.2. The second-order valence-corrected chi connectivity index (χ2v) is 8.75. The lowest BCUT2D eigenvalue weighted by Gasteiger charge is -2.37. The second-order valence-electron chi connectivity index (χ2n) is 8.75. The van der Waals surface area contributed by atoms with E-state index in [-0.39, 0.29) is 22.9 Å². The van der Waals surface area contributed by atoms with Gasteiger partial charge in [0.15, 0.2) is 6.54 Å². The summed E-state index contributed by atoms with van der Waals surface area (Å²) in [6.45, 7) is 10.1. The fourth-order valence-electron chi connectivity index (χ4n) is 4.53. The van der Waals surface area contributed by atoms with Crippen molar-refractivity contribution in [1.82, 2.24) is 0 Å². The van der Waals surface area contributed by atoms with Gasteiger partial charge in [0.1, 0.15) is 6.54 Å². The smallest absolute Gasteiger partial charge is 0.279 e. The van der Waals surface area contributed by atoms with E-state index in [0.717, 1.165) is 35.4 Å². The van der Waals surface area contributed by atoms with Gasteiger partial charge in [-0.2, -0.15) is 0 Å². The van der Waals surface area contributed by atoms with Gasteiger partial charge in [0, 0.05) is 11.3 Å². The maximum Gasteiger partial charge on any atom is 0.279 e. The molecule has 0 saturated carbocycles. The number of nitrogens with one attached hydrogen (secondary N) is 1. The summed E-state index contributed by atoms with van der Waals surface area (Å²) in [4.78, 5) is 13.2. The normalized spacial score (nSPS) is 16.0. The van der Waals surface area contributed by atoms with Crippen molar-refractivity contribution in [3.8, 4) is 0 Å². The minimum absolute atomic E-state index is 0. The first kappa shape index (κ1) is 23.6. The number of para-hydroxylation sites is 1. The van der Waals surface area contributed by atoms with Gasteiger partial charge >= 0.3 is 0 Å². The van der Waals surface area contributed by atoms with Crippen molar-refractivity contribution in [2.24, 2.45) is 0 Å². The standard InChI is InChI=1S/C25H34N2O.BrH/c1-20(2)23-15-11-12-21(3)25(23)26-24(28)19-27(16-9-4-5-10-17-27)18-22-13-7-6-8-14-22;/h6-8,11-15,20H,4-5,9-10,16-19H2,1-3H3;1H. The van der Waals surface area contributed by atoms with E-state index in [9.17, 15) is 4.79 Å². The molecule has 0 aliphatic carbocycles. The third kappa shape index (κ3) is 6.42. The van der Waals surface area contributed by atoms with Gasteiger partial charge in [0.2, 0.25) is 0 Å². The summed E-state index contributed by atoms with van der Waals surface area (Å²) >= 11 is 0. The molecule has 0 atom stereocenters. The first-order valence-corrected chi connectivity index (χ1v) is 10.8. The average molecular weight is 459 g/mol. The van der Waals surface area contributed by atoms with Gasteiger partial charge in [-0.1, -0.05) is 62.4 Å². The van der Waals surface area contributed by atoms with E-state index in [1.807, 2.05) is 0 Å². The number of likely N-dealkylation sites (tertiary alicyclic amines) is 1. The van der Waals surface area contributed by atoms with E-state index in [0.29, 0.717) is 12.5 Å². The Morgan fingerprint density at radius 2 is 1.62 bits per heavy atom. The number of benzene rings is 2. The summed E-state index contributed by atoms with van der Waals surface area (Å²) in [6.07, 6.45) is 4.99. The summed E-state index contributed by atoms with van der Waals surface area (Å²) in [5.74, 6) is 0.537. The van der Waals surface area contributed by atoms with Gasteiger partial charge in [0.05, 0.1) is 13.1 Å². The van der Waals surface area contributed by atoms with Crippen LogP contribution in [0.15, 0.2) is 48.5 Å². The number of carbonyl (C=O) groups excluding carboxylic acids is 1. The van der Waals surface area contributed by atoms with Crippen LogP contribution in [0, 0.1) is 6.92 Å². The Morgan fingerprint density at radius 3 is 2.24 bits per heavy atom. The molecule has 3 nitrogen and oxygen atoms in total. The summed E-state index contributed by atoms with van der Waals surface area (Å²) in [5, 5.41) is 3.28. The van der Waals surface area contributed by atoms with Crippen LogP contribution in [0.1, 0.15) is 62.1 Å². The molecule has 29 heavy (non-hydrogen) atoms. The van der Waals surface area contributed by atoms with Crippen LogP contribution >= 0.6 is 0 Å². The molecule has 0 aromatic heterocycles. The number of halogens is 1. The summed E-state index contributed by atoms with van der Waals surface area (Å²) in [7, 11) is 0. The number of rotatable bonds is 6. The molecule has 2 aromatic carbocycles. The van der Waals surface area contributed by atoms with Crippen molar-refractivity contribution >= 4 is 11.6 Å². The van der Waals surface area contributed by atoms with Crippen LogP contribution in [-0.4, -0.2) is 30.0 Å². The van der Waals surface area contributed by atoms with E-state index < -0.39 is 0 Å². The SMILES string of the molecule is Cc1cccc(C(C)C)c1NC(=O)C[N+]1(Cc2ccccc2)CCCCCC1.[Br-]. The molecular weight excluding hydrogens is 424 g/mol. The van der Waals surface area contributed by atoms with Crippen LogP contribution in [-0.2, 0) is 11.3 Å². The number of amides is 1. The Kier molecular flexibility index (Phi) is 8.91. The predicted octanol–water partition coefficient (Wildman–Crippen LogP) is 2.65. The minimum atomic E-state index is 0. The molecule has 0 bridgehead atoms. The Hall–Kier alpha value is -1.65. The summed E-state index contributed by atoms with van der Waals surface area (Å²) in [6, 6.07) is 17.0. The molecule has 1 amide bonds. The second kappa shape index (κ2) is 10.9. The molecule has 1 aliphatic heterocycles. The van der Waals surface area contributed by atoms with Crippen molar-refractivity contribution in [1.29, 1.82) is 0 Å². The number of nitrogens with zero attached hydrogens (tertiary/aromatic N) is 1. The van der Waals surface area contributed by atoms with Crippen molar-refractivity contribution in [3.05, 3.63) is 65.2 Å². The fourth-order valence-corrected chi connectivity index (χ4v) is 4.53. The highest BCUT2D eigenvalue weighted by atomic mass is 79.9. The lowest BCUT2D eigenvalue weighted by Crippen LogP contribution is -3.00. The Morgan fingerprint density at radius 1 is 0.966 bits per heavy atom. The van der Waals surface area contributed by atoms with Gasteiger partial charge in [-0.3, -0.25) is 4.79 Å². The van der Waals surface area contributed by atoms with E-state index >= 15 is 0 Å². The van der Waals surface area contributed by atoms with Gasteiger partial charge in [0.25, 0.3) is 5.91 Å². The van der Waals surface area contributed by atoms with E-state index in [1.165, 1.54) is 36.8 Å². The summed E-state index contributed by atoms with van der Waals surface area (Å²) < 4.78 is 0.874. The highest BCUT2D eigenvalue weighted by Crippen LogP contribution is 2.28. The zero-order valence-electron chi connectivity index (χ0n) is 18.1. The molecule has 1 saturated heterocycles. The van der Waals surface area contributed by atoms with Crippen LogP contribution in [0.3, 0.4) is 0 Å². The lowest BCUT2D eigenvalue weighted by atomic mass is 9.98. The third-order valence-electron chi connectivity index (χ3n) is 6.05. The first-order valence-electron chi connectivity index (χ1n) is 10.8. The van der Waals surface area contributed by atoms with Crippen LogP contribution in [0.2, 0.25) is 0 Å². The molecule has 158 valence electrons. The minimum Gasteiger partial charge on any atom is -1.00 e. The highest BCUT2D eigenvalue weighted by molar-refractivity contribution is 5.93. The van der Waals surface area contributed by atoms with E-state index in [4.69, 9.17) is 0 Å². The largest absolute Gasteiger partial charge is 1.00 e. The van der Waals surface area contributed by atoms with Gasteiger partial charge in [-0.05, 0) is 49.7 Å². The molecule has 2 aromatic rings. The van der Waals surface area contributed by atoms with Gasteiger partial charge in [-0.25, -0.2) is 0 Å².